The number of rotatable bonds is 3. The number of allylic oxidation sites excluding steroid dienone is 1. The Morgan fingerprint density at radius 1 is 1.43 bits per heavy atom. The highest BCUT2D eigenvalue weighted by Gasteiger charge is 2.47. The standard InChI is InChI=1S/C17H26N2O2/c1-3-6-13-14-7-5-8-18-16(14)9-12-10-19(11-15(12)13)17(20)21-4-2/h5,8,12-15H,3-4,6-7,9-11H2,1-2H3/t12-,13?,14?,15-/m1/s1. The van der Waals surface area contributed by atoms with Crippen LogP contribution in [0.5, 0.6) is 0 Å². The second-order valence-corrected chi connectivity index (χ2v) is 6.53. The molecule has 0 spiro atoms. The minimum atomic E-state index is -0.134. The number of hydrogen-bond acceptors (Lipinski definition) is 3. The Labute approximate surface area is 127 Å². The van der Waals surface area contributed by atoms with E-state index in [9.17, 15) is 4.79 Å². The summed E-state index contributed by atoms with van der Waals surface area (Å²) in [5, 5.41) is 0. The van der Waals surface area contributed by atoms with Crippen molar-refractivity contribution in [2.24, 2.45) is 28.7 Å². The SMILES string of the molecule is CCCC1C2CC=CN=C2C[C@@H]2CN(C(=O)OCC)C[C@@H]12. The van der Waals surface area contributed by atoms with Gasteiger partial charge in [0.05, 0.1) is 6.61 Å². The lowest BCUT2D eigenvalue weighted by atomic mass is 9.64. The first-order valence-corrected chi connectivity index (χ1v) is 8.37. The number of amides is 1. The summed E-state index contributed by atoms with van der Waals surface area (Å²) in [4.78, 5) is 18.6. The van der Waals surface area contributed by atoms with Gasteiger partial charge in [-0.1, -0.05) is 19.4 Å². The van der Waals surface area contributed by atoms with Gasteiger partial charge < -0.3 is 9.64 Å². The molecule has 0 bridgehead atoms. The topological polar surface area (TPSA) is 41.9 Å². The monoisotopic (exact) mass is 290 g/mol. The quantitative estimate of drug-likeness (QED) is 0.798. The predicted octanol–water partition coefficient (Wildman–Crippen LogP) is 3.49. The van der Waals surface area contributed by atoms with E-state index in [0.717, 1.165) is 25.9 Å². The first-order valence-electron chi connectivity index (χ1n) is 8.37. The van der Waals surface area contributed by atoms with Crippen molar-refractivity contribution in [2.45, 2.75) is 39.5 Å². The molecule has 1 saturated heterocycles. The molecule has 2 fully saturated rings. The molecular weight excluding hydrogens is 264 g/mol. The Bertz CT molecular complexity index is 458. The van der Waals surface area contributed by atoms with Gasteiger partial charge in [0, 0.05) is 30.9 Å². The zero-order valence-corrected chi connectivity index (χ0v) is 13.1. The van der Waals surface area contributed by atoms with Crippen molar-refractivity contribution in [3.63, 3.8) is 0 Å². The molecule has 2 heterocycles. The molecule has 21 heavy (non-hydrogen) atoms. The summed E-state index contributed by atoms with van der Waals surface area (Å²) in [7, 11) is 0. The van der Waals surface area contributed by atoms with Gasteiger partial charge >= 0.3 is 6.09 Å². The molecule has 116 valence electrons. The van der Waals surface area contributed by atoms with Gasteiger partial charge in [0.2, 0.25) is 0 Å². The van der Waals surface area contributed by atoms with Crippen molar-refractivity contribution in [1.29, 1.82) is 0 Å². The molecule has 0 aromatic heterocycles. The van der Waals surface area contributed by atoms with Crippen LogP contribution in [0.1, 0.15) is 39.5 Å². The molecule has 3 rings (SSSR count). The molecule has 1 aliphatic carbocycles. The zero-order valence-electron chi connectivity index (χ0n) is 13.1. The van der Waals surface area contributed by atoms with E-state index in [1.54, 1.807) is 0 Å². The van der Waals surface area contributed by atoms with Gasteiger partial charge in [-0.3, -0.25) is 4.99 Å². The van der Waals surface area contributed by atoms with Gasteiger partial charge in [0.25, 0.3) is 0 Å². The van der Waals surface area contributed by atoms with Gasteiger partial charge in [0.1, 0.15) is 0 Å². The first kappa shape index (κ1) is 14.6. The van der Waals surface area contributed by atoms with Crippen LogP contribution in [0.4, 0.5) is 4.79 Å². The van der Waals surface area contributed by atoms with E-state index >= 15 is 0 Å². The average Bonchev–Trinajstić information content (AvgIpc) is 2.91. The van der Waals surface area contributed by atoms with Gasteiger partial charge in [-0.2, -0.15) is 0 Å². The smallest absolute Gasteiger partial charge is 0.409 e. The maximum Gasteiger partial charge on any atom is 0.409 e. The van der Waals surface area contributed by atoms with Gasteiger partial charge in [-0.05, 0) is 43.9 Å². The third kappa shape index (κ3) is 2.72. The number of nitrogens with zero attached hydrogens (tertiary/aromatic N) is 2. The molecule has 0 aromatic carbocycles. The number of likely N-dealkylation sites (tertiary alicyclic amines) is 1. The highest BCUT2D eigenvalue weighted by Crippen LogP contribution is 2.46. The maximum atomic E-state index is 12.0. The highest BCUT2D eigenvalue weighted by atomic mass is 16.6. The zero-order chi connectivity index (χ0) is 14.8. The molecule has 0 N–H and O–H groups in total. The van der Waals surface area contributed by atoms with E-state index in [1.807, 2.05) is 18.0 Å². The van der Waals surface area contributed by atoms with Crippen molar-refractivity contribution in [3.05, 3.63) is 12.3 Å². The summed E-state index contributed by atoms with van der Waals surface area (Å²) in [6, 6.07) is 0. The number of aliphatic imine (C=N–C) groups is 1. The molecule has 0 radical (unpaired) electrons. The lowest BCUT2D eigenvalue weighted by Crippen LogP contribution is -2.40. The van der Waals surface area contributed by atoms with Crippen LogP contribution < -0.4 is 0 Å². The highest BCUT2D eigenvalue weighted by molar-refractivity contribution is 5.89. The number of ether oxygens (including phenoxy) is 1. The molecular formula is C17H26N2O2. The Morgan fingerprint density at radius 2 is 2.29 bits per heavy atom. The minimum Gasteiger partial charge on any atom is -0.450 e. The number of carbonyl (C=O) groups excluding carboxylic acids is 1. The van der Waals surface area contributed by atoms with Gasteiger partial charge in [-0.25, -0.2) is 4.79 Å². The van der Waals surface area contributed by atoms with Crippen LogP contribution in [0.3, 0.4) is 0 Å². The third-order valence-corrected chi connectivity index (χ3v) is 5.34. The summed E-state index contributed by atoms with van der Waals surface area (Å²) in [5.41, 5.74) is 1.38. The summed E-state index contributed by atoms with van der Waals surface area (Å²) in [5.74, 6) is 2.49. The van der Waals surface area contributed by atoms with E-state index in [0.29, 0.717) is 30.3 Å². The molecule has 4 atom stereocenters. The van der Waals surface area contributed by atoms with Crippen molar-refractivity contribution in [3.8, 4) is 0 Å². The van der Waals surface area contributed by atoms with Gasteiger partial charge in [0.15, 0.2) is 0 Å². The van der Waals surface area contributed by atoms with Crippen LogP contribution in [-0.4, -0.2) is 36.4 Å². The van der Waals surface area contributed by atoms with E-state index in [4.69, 9.17) is 4.74 Å². The van der Waals surface area contributed by atoms with E-state index < -0.39 is 0 Å². The third-order valence-electron chi connectivity index (χ3n) is 5.34. The van der Waals surface area contributed by atoms with E-state index in [-0.39, 0.29) is 6.09 Å². The fourth-order valence-electron chi connectivity index (χ4n) is 4.49. The molecule has 0 aromatic rings. The first-order chi connectivity index (χ1) is 10.2. The Balaban J connectivity index is 1.77. The summed E-state index contributed by atoms with van der Waals surface area (Å²) in [6.07, 6.45) is 8.69. The van der Waals surface area contributed by atoms with Gasteiger partial charge in [-0.15, -0.1) is 0 Å². The molecule has 1 amide bonds. The van der Waals surface area contributed by atoms with Crippen molar-refractivity contribution in [1.82, 2.24) is 4.90 Å². The average molecular weight is 290 g/mol. The predicted molar refractivity (Wildman–Crippen MR) is 83.3 cm³/mol. The van der Waals surface area contributed by atoms with Crippen LogP contribution in [0.15, 0.2) is 17.3 Å². The van der Waals surface area contributed by atoms with Crippen LogP contribution in [0, 0.1) is 23.7 Å². The molecule has 2 unspecified atom stereocenters. The largest absolute Gasteiger partial charge is 0.450 e. The van der Waals surface area contributed by atoms with E-state index in [2.05, 4.69) is 18.0 Å². The lowest BCUT2D eigenvalue weighted by Gasteiger charge is -2.41. The van der Waals surface area contributed by atoms with Crippen LogP contribution >= 0.6 is 0 Å². The Hall–Kier alpha value is -1.32. The second kappa shape index (κ2) is 6.20. The van der Waals surface area contributed by atoms with Crippen molar-refractivity contribution < 1.29 is 9.53 Å². The fraction of sp³-hybridized carbons (Fsp3) is 0.765. The number of fused-ring (bicyclic) bond motifs is 2. The maximum absolute atomic E-state index is 12.0. The number of hydrogen-bond donors (Lipinski definition) is 0. The van der Waals surface area contributed by atoms with Crippen molar-refractivity contribution in [2.75, 3.05) is 19.7 Å². The van der Waals surface area contributed by atoms with Crippen LogP contribution in [0.2, 0.25) is 0 Å². The minimum absolute atomic E-state index is 0.134. The summed E-state index contributed by atoms with van der Waals surface area (Å²) in [6.45, 7) is 6.32. The van der Waals surface area contributed by atoms with E-state index in [1.165, 1.54) is 18.6 Å². The molecule has 1 saturated carbocycles. The Kier molecular flexibility index (Phi) is 4.32. The summed E-state index contributed by atoms with van der Waals surface area (Å²) < 4.78 is 5.19. The molecule has 4 heteroatoms. The van der Waals surface area contributed by atoms with Crippen LogP contribution in [0.25, 0.3) is 0 Å². The van der Waals surface area contributed by atoms with Crippen LogP contribution in [-0.2, 0) is 4.74 Å². The number of carbonyl (C=O) groups is 1. The normalized spacial score (nSPS) is 34.2. The second-order valence-electron chi connectivity index (χ2n) is 6.53. The summed E-state index contributed by atoms with van der Waals surface area (Å²) >= 11 is 0. The Morgan fingerprint density at radius 3 is 3.05 bits per heavy atom. The molecule has 4 nitrogen and oxygen atoms in total. The molecule has 2 aliphatic heterocycles. The van der Waals surface area contributed by atoms with Crippen molar-refractivity contribution >= 4 is 11.8 Å². The lowest BCUT2D eigenvalue weighted by molar-refractivity contribution is 0.112. The molecule has 3 aliphatic rings. The fourth-order valence-corrected chi connectivity index (χ4v) is 4.49.